The topological polar surface area (TPSA) is 62.8 Å². The van der Waals surface area contributed by atoms with Gasteiger partial charge in [-0.05, 0) is 94.0 Å². The molecule has 2 N–H and O–H groups in total. The number of benzene rings is 3. The molecule has 0 aromatic heterocycles. The number of nitrogens with zero attached hydrogens (tertiary/aromatic N) is 1. The van der Waals surface area contributed by atoms with Crippen molar-refractivity contribution < 1.29 is 14.3 Å². The van der Waals surface area contributed by atoms with Crippen LogP contribution in [0.2, 0.25) is 5.02 Å². The van der Waals surface area contributed by atoms with Crippen LogP contribution in [0, 0.1) is 19.8 Å². The molecule has 1 amide bonds. The Balaban J connectivity index is 1.59. The van der Waals surface area contributed by atoms with Crippen LogP contribution >= 0.6 is 23.8 Å². The first-order valence-corrected chi connectivity index (χ1v) is 12.7. The molecule has 0 aliphatic carbocycles. The summed E-state index contributed by atoms with van der Waals surface area (Å²) in [5, 5.41) is 7.58. The number of anilines is 2. The predicted octanol–water partition coefficient (Wildman–Crippen LogP) is 6.15. The standard InChI is InChI=1S/C28H28ClN3O3S/c1-5-34-20-10-8-19(9-11-20)32-27(36)31-25-21-15-18(29)7-13-23(21)35-28(32,4)24(25)26(33)30-22-12-6-16(2)14-17(22)3/h6-15,24-25H,5H2,1-4H3,(H,30,33)(H,31,36)/t24-,25-,28+/m0/s1. The van der Waals surface area contributed by atoms with Crippen molar-refractivity contribution in [2.75, 3.05) is 16.8 Å². The maximum Gasteiger partial charge on any atom is 0.236 e. The molecular formula is C28H28ClN3O3S. The first-order chi connectivity index (χ1) is 17.2. The molecule has 5 rings (SSSR count). The third kappa shape index (κ3) is 4.16. The summed E-state index contributed by atoms with van der Waals surface area (Å²) < 4.78 is 12.2. The van der Waals surface area contributed by atoms with Crippen molar-refractivity contribution in [3.05, 3.63) is 82.4 Å². The number of rotatable bonds is 5. The average molecular weight is 522 g/mol. The van der Waals surface area contributed by atoms with Gasteiger partial charge in [-0.25, -0.2) is 0 Å². The van der Waals surface area contributed by atoms with E-state index in [2.05, 4.69) is 10.6 Å². The minimum Gasteiger partial charge on any atom is -0.494 e. The quantitative estimate of drug-likeness (QED) is 0.392. The van der Waals surface area contributed by atoms with Gasteiger partial charge in [0.05, 0.1) is 12.6 Å². The van der Waals surface area contributed by atoms with E-state index in [1.54, 1.807) is 6.07 Å². The number of thiocarbonyl (C=S) groups is 1. The van der Waals surface area contributed by atoms with Crippen LogP contribution in [0.25, 0.3) is 0 Å². The largest absolute Gasteiger partial charge is 0.494 e. The molecular weight excluding hydrogens is 494 g/mol. The lowest BCUT2D eigenvalue weighted by Gasteiger charge is -2.56. The van der Waals surface area contributed by atoms with Gasteiger partial charge in [-0.3, -0.25) is 9.69 Å². The maximum atomic E-state index is 14.0. The molecule has 8 heteroatoms. The zero-order valence-corrected chi connectivity index (χ0v) is 22.2. The number of hydrogen-bond donors (Lipinski definition) is 2. The Hall–Kier alpha value is -3.29. The number of carbonyl (C=O) groups is 1. The van der Waals surface area contributed by atoms with Gasteiger partial charge in [0, 0.05) is 22.0 Å². The molecule has 2 aliphatic heterocycles. The number of halogens is 1. The van der Waals surface area contributed by atoms with Crippen molar-refractivity contribution in [2.45, 2.75) is 39.5 Å². The summed E-state index contributed by atoms with van der Waals surface area (Å²) in [5.74, 6) is 0.593. The molecule has 1 fully saturated rings. The molecule has 186 valence electrons. The fourth-order valence-electron chi connectivity index (χ4n) is 5.17. The van der Waals surface area contributed by atoms with E-state index in [0.717, 1.165) is 33.8 Å². The van der Waals surface area contributed by atoms with Crippen LogP contribution in [0.1, 0.15) is 36.6 Å². The third-order valence-electron chi connectivity index (χ3n) is 6.79. The van der Waals surface area contributed by atoms with Crippen molar-refractivity contribution in [2.24, 2.45) is 5.92 Å². The zero-order chi connectivity index (χ0) is 25.6. The highest BCUT2D eigenvalue weighted by Crippen LogP contribution is 2.50. The summed E-state index contributed by atoms with van der Waals surface area (Å²) in [6.45, 7) is 8.44. The fourth-order valence-corrected chi connectivity index (χ4v) is 5.76. The smallest absolute Gasteiger partial charge is 0.236 e. The summed E-state index contributed by atoms with van der Waals surface area (Å²) in [5.41, 5.74) is 3.37. The van der Waals surface area contributed by atoms with E-state index in [4.69, 9.17) is 33.3 Å². The van der Waals surface area contributed by atoms with Gasteiger partial charge in [-0.2, -0.15) is 0 Å². The van der Waals surface area contributed by atoms with Crippen LogP contribution in [0.4, 0.5) is 11.4 Å². The Morgan fingerprint density at radius 3 is 2.61 bits per heavy atom. The molecule has 36 heavy (non-hydrogen) atoms. The number of ether oxygens (including phenoxy) is 2. The summed E-state index contributed by atoms with van der Waals surface area (Å²) in [6.07, 6.45) is 0. The average Bonchev–Trinajstić information content (AvgIpc) is 2.82. The van der Waals surface area contributed by atoms with E-state index in [0.29, 0.717) is 22.5 Å². The normalized spacial score (nSPS) is 22.2. The van der Waals surface area contributed by atoms with Crippen LogP contribution in [0.3, 0.4) is 0 Å². The van der Waals surface area contributed by atoms with Crippen molar-refractivity contribution in [1.29, 1.82) is 0 Å². The molecule has 2 aliphatic rings. The highest BCUT2D eigenvalue weighted by molar-refractivity contribution is 7.80. The van der Waals surface area contributed by atoms with Crippen molar-refractivity contribution in [3.8, 4) is 11.5 Å². The summed E-state index contributed by atoms with van der Waals surface area (Å²) >= 11 is 12.2. The Kier molecular flexibility index (Phi) is 6.30. The number of nitrogens with one attached hydrogen (secondary N) is 2. The third-order valence-corrected chi connectivity index (χ3v) is 7.32. The highest BCUT2D eigenvalue weighted by atomic mass is 35.5. The molecule has 1 saturated heterocycles. The number of fused-ring (bicyclic) bond motifs is 4. The Labute approximate surface area is 221 Å². The Morgan fingerprint density at radius 2 is 1.92 bits per heavy atom. The van der Waals surface area contributed by atoms with Crippen molar-refractivity contribution in [3.63, 3.8) is 0 Å². The van der Waals surface area contributed by atoms with E-state index in [1.165, 1.54) is 0 Å². The molecule has 0 spiro atoms. The van der Waals surface area contributed by atoms with Crippen molar-refractivity contribution >= 4 is 46.2 Å². The van der Waals surface area contributed by atoms with Crippen LogP contribution in [0.15, 0.2) is 60.7 Å². The minimum absolute atomic E-state index is 0.175. The van der Waals surface area contributed by atoms with E-state index < -0.39 is 17.7 Å². The molecule has 2 bridgehead atoms. The van der Waals surface area contributed by atoms with Gasteiger partial charge < -0.3 is 20.1 Å². The lowest BCUT2D eigenvalue weighted by Crippen LogP contribution is -2.72. The molecule has 6 nitrogen and oxygen atoms in total. The predicted molar refractivity (Wildman–Crippen MR) is 147 cm³/mol. The van der Waals surface area contributed by atoms with E-state index in [1.807, 2.05) is 87.2 Å². The summed E-state index contributed by atoms with van der Waals surface area (Å²) in [4.78, 5) is 15.9. The van der Waals surface area contributed by atoms with Crippen LogP contribution in [0.5, 0.6) is 11.5 Å². The monoisotopic (exact) mass is 521 g/mol. The molecule has 3 atom stereocenters. The second-order valence-electron chi connectivity index (χ2n) is 9.31. The number of carbonyl (C=O) groups excluding carboxylic acids is 1. The number of hydrogen-bond acceptors (Lipinski definition) is 4. The summed E-state index contributed by atoms with van der Waals surface area (Å²) in [6, 6.07) is 18.6. The van der Waals surface area contributed by atoms with Gasteiger partial charge >= 0.3 is 0 Å². The molecule has 0 unspecified atom stereocenters. The number of amides is 1. The van der Waals surface area contributed by atoms with Crippen molar-refractivity contribution in [1.82, 2.24) is 5.32 Å². The SMILES string of the molecule is CCOc1ccc(N2C(=S)N[C@H]3c4cc(Cl)ccc4O[C@]2(C)[C@@H]3C(=O)Nc2ccc(C)cc2C)cc1. The number of aryl methyl sites for hydroxylation is 2. The molecule has 3 aromatic carbocycles. The van der Waals surface area contributed by atoms with Crippen LogP contribution in [-0.4, -0.2) is 23.4 Å². The van der Waals surface area contributed by atoms with E-state index in [9.17, 15) is 4.79 Å². The van der Waals surface area contributed by atoms with Gasteiger partial charge in [0.15, 0.2) is 10.8 Å². The van der Waals surface area contributed by atoms with E-state index in [-0.39, 0.29) is 5.91 Å². The molecule has 0 saturated carbocycles. The summed E-state index contributed by atoms with van der Waals surface area (Å²) in [7, 11) is 0. The second-order valence-corrected chi connectivity index (χ2v) is 10.1. The lowest BCUT2D eigenvalue weighted by molar-refractivity contribution is -0.130. The fraction of sp³-hybridized carbons (Fsp3) is 0.286. The zero-order valence-electron chi connectivity index (χ0n) is 20.6. The van der Waals surface area contributed by atoms with Crippen LogP contribution in [-0.2, 0) is 4.79 Å². The van der Waals surface area contributed by atoms with E-state index >= 15 is 0 Å². The Morgan fingerprint density at radius 1 is 1.17 bits per heavy atom. The van der Waals surface area contributed by atoms with Gasteiger partial charge in [0.2, 0.25) is 5.91 Å². The highest BCUT2D eigenvalue weighted by Gasteiger charge is 2.59. The molecule has 2 heterocycles. The lowest BCUT2D eigenvalue weighted by atomic mass is 9.78. The maximum absolute atomic E-state index is 14.0. The van der Waals surface area contributed by atoms with Gasteiger partial charge in [0.1, 0.15) is 17.4 Å². The van der Waals surface area contributed by atoms with Gasteiger partial charge in [-0.1, -0.05) is 29.3 Å². The molecule has 0 radical (unpaired) electrons. The second kappa shape index (κ2) is 9.30. The van der Waals surface area contributed by atoms with Crippen LogP contribution < -0.4 is 25.0 Å². The first-order valence-electron chi connectivity index (χ1n) is 11.9. The first kappa shape index (κ1) is 24.4. The Bertz CT molecular complexity index is 1350. The minimum atomic E-state index is -1.11. The van der Waals surface area contributed by atoms with Gasteiger partial charge in [-0.15, -0.1) is 0 Å². The van der Waals surface area contributed by atoms with Gasteiger partial charge in [0.25, 0.3) is 0 Å². The molecule has 3 aromatic rings.